The molecule has 0 aliphatic heterocycles. The number of aryl methyl sites for hydroxylation is 1. The Bertz CT molecular complexity index is 1460. The number of aromatic amines is 1. The highest BCUT2D eigenvalue weighted by Crippen LogP contribution is 2.30. The molecule has 6 nitrogen and oxygen atoms in total. The van der Waals surface area contributed by atoms with Gasteiger partial charge in [0.05, 0.1) is 5.52 Å². The van der Waals surface area contributed by atoms with Crippen LogP contribution in [-0.2, 0) is 13.1 Å². The van der Waals surface area contributed by atoms with Crippen LogP contribution in [0.25, 0.3) is 22.0 Å². The molecule has 5 aromatic rings. The fourth-order valence-electron chi connectivity index (χ4n) is 4.00. The quantitative estimate of drug-likeness (QED) is 0.247. The molecule has 3 aromatic carbocycles. The molecule has 7 heteroatoms. The zero-order valence-electron chi connectivity index (χ0n) is 18.8. The van der Waals surface area contributed by atoms with Crippen molar-refractivity contribution >= 4 is 28.1 Å². The summed E-state index contributed by atoms with van der Waals surface area (Å²) in [6, 6.07) is 20.8. The second-order valence-corrected chi connectivity index (χ2v) is 8.21. The van der Waals surface area contributed by atoms with Crippen LogP contribution in [0.2, 0.25) is 0 Å². The SMILES string of the molecule is Cc1cc(-c2ccc3ncnc(Nc4ccc(NCc5cccc(F)c5)c(CN)c4)c3c2)c[nH]1. The molecule has 170 valence electrons. The van der Waals surface area contributed by atoms with Gasteiger partial charge < -0.3 is 21.4 Å². The molecule has 0 unspecified atom stereocenters. The summed E-state index contributed by atoms with van der Waals surface area (Å²) in [7, 11) is 0. The van der Waals surface area contributed by atoms with Gasteiger partial charge in [-0.2, -0.15) is 0 Å². The van der Waals surface area contributed by atoms with Crippen molar-refractivity contribution in [2.75, 3.05) is 10.6 Å². The molecule has 0 saturated carbocycles. The summed E-state index contributed by atoms with van der Waals surface area (Å²) in [6.07, 6.45) is 3.56. The Kier molecular flexibility index (Phi) is 5.93. The molecule has 2 aromatic heterocycles. The maximum absolute atomic E-state index is 13.5. The fraction of sp³-hybridized carbons (Fsp3) is 0.111. The van der Waals surface area contributed by atoms with E-state index in [-0.39, 0.29) is 5.82 Å². The summed E-state index contributed by atoms with van der Waals surface area (Å²) in [4.78, 5) is 12.1. The maximum Gasteiger partial charge on any atom is 0.141 e. The Morgan fingerprint density at radius 2 is 1.88 bits per heavy atom. The van der Waals surface area contributed by atoms with Crippen molar-refractivity contribution < 1.29 is 4.39 Å². The van der Waals surface area contributed by atoms with Gasteiger partial charge >= 0.3 is 0 Å². The molecular formula is C27H25FN6. The Morgan fingerprint density at radius 1 is 0.971 bits per heavy atom. The minimum Gasteiger partial charge on any atom is -0.381 e. The lowest BCUT2D eigenvalue weighted by molar-refractivity contribution is 0.626. The van der Waals surface area contributed by atoms with Crippen LogP contribution in [0, 0.1) is 12.7 Å². The zero-order chi connectivity index (χ0) is 23.5. The lowest BCUT2D eigenvalue weighted by atomic mass is 10.1. The lowest BCUT2D eigenvalue weighted by Crippen LogP contribution is -2.07. The first-order valence-corrected chi connectivity index (χ1v) is 11.1. The van der Waals surface area contributed by atoms with E-state index in [1.54, 1.807) is 12.4 Å². The fourth-order valence-corrected chi connectivity index (χ4v) is 4.00. The third kappa shape index (κ3) is 4.60. The van der Waals surface area contributed by atoms with Crippen molar-refractivity contribution in [1.29, 1.82) is 0 Å². The van der Waals surface area contributed by atoms with Crippen molar-refractivity contribution in [2.24, 2.45) is 5.73 Å². The summed E-state index contributed by atoms with van der Waals surface area (Å²) in [5, 5.41) is 7.71. The van der Waals surface area contributed by atoms with Gasteiger partial charge in [0.25, 0.3) is 0 Å². The third-order valence-corrected chi connectivity index (χ3v) is 5.76. The molecule has 0 bridgehead atoms. The van der Waals surface area contributed by atoms with Crippen LogP contribution in [0.3, 0.4) is 0 Å². The van der Waals surface area contributed by atoms with E-state index in [4.69, 9.17) is 5.73 Å². The summed E-state index contributed by atoms with van der Waals surface area (Å²) < 4.78 is 13.5. The van der Waals surface area contributed by atoms with E-state index in [0.29, 0.717) is 13.1 Å². The van der Waals surface area contributed by atoms with Gasteiger partial charge in [-0.15, -0.1) is 0 Å². The molecule has 0 atom stereocenters. The first kappa shape index (κ1) is 21.6. The second-order valence-electron chi connectivity index (χ2n) is 8.21. The Morgan fingerprint density at radius 3 is 2.68 bits per heavy atom. The number of benzene rings is 3. The van der Waals surface area contributed by atoms with Gasteiger partial charge in [0.2, 0.25) is 0 Å². The molecule has 5 N–H and O–H groups in total. The van der Waals surface area contributed by atoms with Crippen LogP contribution in [0.4, 0.5) is 21.6 Å². The van der Waals surface area contributed by atoms with E-state index in [9.17, 15) is 4.39 Å². The largest absolute Gasteiger partial charge is 0.381 e. The topological polar surface area (TPSA) is 91.7 Å². The van der Waals surface area contributed by atoms with E-state index in [0.717, 1.165) is 56.0 Å². The molecule has 34 heavy (non-hydrogen) atoms. The average molecular weight is 453 g/mol. The number of halogens is 1. The smallest absolute Gasteiger partial charge is 0.141 e. The van der Waals surface area contributed by atoms with Crippen LogP contribution in [0.5, 0.6) is 0 Å². The molecule has 0 saturated heterocycles. The van der Waals surface area contributed by atoms with E-state index in [2.05, 4.69) is 43.8 Å². The summed E-state index contributed by atoms with van der Waals surface area (Å²) in [5.74, 6) is 0.479. The minimum absolute atomic E-state index is 0.246. The van der Waals surface area contributed by atoms with Gasteiger partial charge in [-0.05, 0) is 77.7 Å². The first-order chi connectivity index (χ1) is 16.6. The van der Waals surface area contributed by atoms with Crippen molar-refractivity contribution in [2.45, 2.75) is 20.0 Å². The molecule has 0 spiro atoms. The maximum atomic E-state index is 13.5. The number of hydrogen-bond donors (Lipinski definition) is 4. The molecular weight excluding hydrogens is 427 g/mol. The third-order valence-electron chi connectivity index (χ3n) is 5.76. The van der Waals surface area contributed by atoms with E-state index >= 15 is 0 Å². The highest BCUT2D eigenvalue weighted by molar-refractivity contribution is 5.94. The predicted octanol–water partition coefficient (Wildman–Crippen LogP) is 5.89. The monoisotopic (exact) mass is 452 g/mol. The second kappa shape index (κ2) is 9.33. The molecule has 0 aliphatic carbocycles. The average Bonchev–Trinajstić information content (AvgIpc) is 3.29. The molecule has 0 amide bonds. The van der Waals surface area contributed by atoms with Gasteiger partial charge in [-0.25, -0.2) is 14.4 Å². The Balaban J connectivity index is 1.40. The summed E-state index contributed by atoms with van der Waals surface area (Å²) in [6.45, 7) is 2.91. The molecule has 0 aliphatic rings. The highest BCUT2D eigenvalue weighted by Gasteiger charge is 2.09. The summed E-state index contributed by atoms with van der Waals surface area (Å²) in [5.41, 5.74) is 13.8. The van der Waals surface area contributed by atoms with Gasteiger partial charge in [0.15, 0.2) is 0 Å². The van der Waals surface area contributed by atoms with Gasteiger partial charge in [0, 0.05) is 41.7 Å². The first-order valence-electron chi connectivity index (χ1n) is 11.1. The van der Waals surface area contributed by atoms with Crippen LogP contribution in [-0.4, -0.2) is 15.0 Å². The van der Waals surface area contributed by atoms with E-state index in [1.165, 1.54) is 12.1 Å². The Hall–Kier alpha value is -4.23. The van der Waals surface area contributed by atoms with Gasteiger partial charge in [-0.3, -0.25) is 0 Å². The van der Waals surface area contributed by atoms with Crippen molar-refractivity contribution in [3.05, 3.63) is 102 Å². The normalized spacial score (nSPS) is 11.0. The Labute approximate surface area is 197 Å². The zero-order valence-corrected chi connectivity index (χ0v) is 18.8. The number of H-pyrrole nitrogens is 1. The number of hydrogen-bond acceptors (Lipinski definition) is 5. The van der Waals surface area contributed by atoms with Crippen LogP contribution in [0.15, 0.2) is 79.3 Å². The van der Waals surface area contributed by atoms with Crippen LogP contribution < -0.4 is 16.4 Å². The lowest BCUT2D eigenvalue weighted by Gasteiger charge is -2.15. The number of aromatic nitrogens is 3. The van der Waals surface area contributed by atoms with Gasteiger partial charge in [0.1, 0.15) is 18.0 Å². The summed E-state index contributed by atoms with van der Waals surface area (Å²) >= 11 is 0. The standard InChI is InChI=1S/C27H25FN6/c1-17-9-21(15-30-17)19-5-7-26-24(12-19)27(33-16-32-26)34-23-6-8-25(20(11-23)13-29)31-14-18-3-2-4-22(28)10-18/h2-12,15-16,30-31H,13-14,29H2,1H3,(H,32,33,34). The van der Waals surface area contributed by atoms with Gasteiger partial charge in [-0.1, -0.05) is 18.2 Å². The minimum atomic E-state index is -0.246. The number of nitrogens with two attached hydrogens (primary N) is 1. The number of nitrogens with zero attached hydrogens (tertiary/aromatic N) is 2. The van der Waals surface area contributed by atoms with E-state index in [1.807, 2.05) is 43.5 Å². The number of rotatable bonds is 7. The van der Waals surface area contributed by atoms with Crippen LogP contribution in [0.1, 0.15) is 16.8 Å². The molecule has 0 fully saturated rings. The number of nitrogens with one attached hydrogen (secondary N) is 3. The van der Waals surface area contributed by atoms with Crippen molar-refractivity contribution in [1.82, 2.24) is 15.0 Å². The van der Waals surface area contributed by atoms with E-state index < -0.39 is 0 Å². The highest BCUT2D eigenvalue weighted by atomic mass is 19.1. The molecule has 5 rings (SSSR count). The molecule has 0 radical (unpaired) electrons. The van der Waals surface area contributed by atoms with Crippen molar-refractivity contribution in [3.8, 4) is 11.1 Å². The number of anilines is 3. The van der Waals surface area contributed by atoms with Crippen LogP contribution >= 0.6 is 0 Å². The van der Waals surface area contributed by atoms with Crippen molar-refractivity contribution in [3.63, 3.8) is 0 Å². The predicted molar refractivity (Wildman–Crippen MR) is 135 cm³/mol. The molecule has 2 heterocycles. The number of fused-ring (bicyclic) bond motifs is 1.